The van der Waals surface area contributed by atoms with Gasteiger partial charge in [0.25, 0.3) is 5.91 Å². The lowest BCUT2D eigenvalue weighted by atomic mass is 10.1. The topological polar surface area (TPSA) is 48.9 Å². The van der Waals surface area contributed by atoms with E-state index in [4.69, 9.17) is 4.74 Å². The van der Waals surface area contributed by atoms with Gasteiger partial charge in [-0.1, -0.05) is 6.07 Å². The summed E-state index contributed by atoms with van der Waals surface area (Å²) in [5.74, 6) is -0.470. The van der Waals surface area contributed by atoms with Crippen molar-refractivity contribution in [2.75, 3.05) is 57.4 Å². The maximum Gasteiger partial charge on any atom is 0.254 e. The molecule has 4 rings (SSSR count). The van der Waals surface area contributed by atoms with E-state index >= 15 is 0 Å². The first-order valence-electron chi connectivity index (χ1n) is 9.23. The summed E-state index contributed by atoms with van der Waals surface area (Å²) in [6, 6.07) is 5.91. The molecule has 2 aliphatic heterocycles. The number of rotatable bonds is 4. The summed E-state index contributed by atoms with van der Waals surface area (Å²) in [4.78, 5) is 24.7. The summed E-state index contributed by atoms with van der Waals surface area (Å²) in [6.45, 7) is 7.10. The molecule has 1 aromatic heterocycles. The Morgan fingerprint density at radius 2 is 1.93 bits per heavy atom. The number of halogens is 1. The van der Waals surface area contributed by atoms with Gasteiger partial charge in [-0.2, -0.15) is 0 Å². The molecule has 0 unspecified atom stereocenters. The number of amides is 1. The summed E-state index contributed by atoms with van der Waals surface area (Å²) >= 11 is 1.73. The van der Waals surface area contributed by atoms with Gasteiger partial charge in [0.15, 0.2) is 5.13 Å². The van der Waals surface area contributed by atoms with Crippen molar-refractivity contribution in [1.82, 2.24) is 14.8 Å². The van der Waals surface area contributed by atoms with Crippen molar-refractivity contribution in [3.63, 3.8) is 0 Å². The van der Waals surface area contributed by atoms with Gasteiger partial charge in [0.1, 0.15) is 5.82 Å². The van der Waals surface area contributed by atoms with Crippen LogP contribution in [0.5, 0.6) is 0 Å². The summed E-state index contributed by atoms with van der Waals surface area (Å²) < 4.78 is 18.7. The van der Waals surface area contributed by atoms with E-state index in [9.17, 15) is 9.18 Å². The molecule has 0 atom stereocenters. The molecule has 0 N–H and O–H groups in total. The molecule has 0 radical (unpaired) electrons. The van der Waals surface area contributed by atoms with Crippen molar-refractivity contribution in [2.45, 2.75) is 6.54 Å². The number of carbonyl (C=O) groups is 1. The molecule has 144 valence electrons. The van der Waals surface area contributed by atoms with E-state index in [2.05, 4.69) is 14.8 Å². The van der Waals surface area contributed by atoms with Crippen LogP contribution in [0.4, 0.5) is 9.52 Å². The van der Waals surface area contributed by atoms with Crippen LogP contribution in [0.1, 0.15) is 15.2 Å². The van der Waals surface area contributed by atoms with Crippen molar-refractivity contribution < 1.29 is 13.9 Å². The fraction of sp³-hybridized carbons (Fsp3) is 0.474. The lowest BCUT2D eigenvalue weighted by molar-refractivity contribution is 0.0629. The van der Waals surface area contributed by atoms with E-state index in [1.54, 1.807) is 28.4 Å². The molecule has 27 heavy (non-hydrogen) atoms. The summed E-state index contributed by atoms with van der Waals surface area (Å²) in [7, 11) is 0. The maximum absolute atomic E-state index is 13.3. The van der Waals surface area contributed by atoms with Crippen molar-refractivity contribution in [1.29, 1.82) is 0 Å². The van der Waals surface area contributed by atoms with Crippen LogP contribution in [-0.2, 0) is 11.3 Å². The normalized spacial score (nSPS) is 18.7. The third-order valence-corrected chi connectivity index (χ3v) is 5.98. The Hall–Kier alpha value is -2.03. The highest BCUT2D eigenvalue weighted by molar-refractivity contribution is 7.15. The van der Waals surface area contributed by atoms with Crippen molar-refractivity contribution in [2.24, 2.45) is 0 Å². The van der Waals surface area contributed by atoms with Gasteiger partial charge in [-0.05, 0) is 18.2 Å². The molecular weight excluding hydrogens is 367 g/mol. The molecule has 2 fully saturated rings. The largest absolute Gasteiger partial charge is 0.378 e. The Morgan fingerprint density at radius 3 is 2.67 bits per heavy atom. The Balaban J connectivity index is 1.29. The minimum absolute atomic E-state index is 0.0958. The minimum atomic E-state index is -0.374. The Labute approximate surface area is 162 Å². The molecule has 0 bridgehead atoms. The molecule has 6 nitrogen and oxygen atoms in total. The van der Waals surface area contributed by atoms with Crippen LogP contribution in [0, 0.1) is 5.82 Å². The SMILES string of the molecule is O=C(c1cccc(F)c1)N1CCN(Cc2cnc(N3CCOCC3)s2)CC1. The highest BCUT2D eigenvalue weighted by atomic mass is 32.1. The minimum Gasteiger partial charge on any atom is -0.378 e. The smallest absolute Gasteiger partial charge is 0.254 e. The standard InChI is InChI=1S/C19H23FN4O2S/c20-16-3-1-2-15(12-16)18(25)23-6-4-22(5-7-23)14-17-13-21-19(27-17)24-8-10-26-11-9-24/h1-3,12-13H,4-11,14H2. The van der Waals surface area contributed by atoms with Gasteiger partial charge in [0, 0.05) is 62.5 Å². The molecule has 3 heterocycles. The van der Waals surface area contributed by atoms with Crippen LogP contribution < -0.4 is 4.90 Å². The zero-order chi connectivity index (χ0) is 18.6. The van der Waals surface area contributed by atoms with Gasteiger partial charge in [0.2, 0.25) is 0 Å². The summed E-state index contributed by atoms with van der Waals surface area (Å²) in [6.07, 6.45) is 1.96. The monoisotopic (exact) mass is 390 g/mol. The second-order valence-electron chi connectivity index (χ2n) is 6.79. The van der Waals surface area contributed by atoms with Crippen LogP contribution in [0.15, 0.2) is 30.5 Å². The van der Waals surface area contributed by atoms with Crippen LogP contribution in [-0.4, -0.2) is 73.2 Å². The number of aromatic nitrogens is 1. The number of hydrogen-bond acceptors (Lipinski definition) is 6. The molecule has 0 spiro atoms. The number of hydrogen-bond donors (Lipinski definition) is 0. The van der Waals surface area contributed by atoms with E-state index in [0.717, 1.165) is 51.1 Å². The molecule has 2 saturated heterocycles. The number of ether oxygens (including phenoxy) is 1. The quantitative estimate of drug-likeness (QED) is 0.800. The summed E-state index contributed by atoms with van der Waals surface area (Å²) in [5.41, 5.74) is 0.418. The predicted octanol–water partition coefficient (Wildman–Crippen LogP) is 2.08. The maximum atomic E-state index is 13.3. The van der Waals surface area contributed by atoms with E-state index in [1.807, 2.05) is 6.20 Å². The average Bonchev–Trinajstić information content (AvgIpc) is 3.17. The molecule has 0 aliphatic carbocycles. The molecule has 0 saturated carbocycles. The number of carbonyl (C=O) groups excluding carboxylic acids is 1. The number of nitrogens with zero attached hydrogens (tertiary/aromatic N) is 4. The zero-order valence-corrected chi connectivity index (χ0v) is 16.0. The predicted molar refractivity (Wildman–Crippen MR) is 103 cm³/mol. The van der Waals surface area contributed by atoms with Gasteiger partial charge >= 0.3 is 0 Å². The number of piperazine rings is 1. The fourth-order valence-corrected chi connectivity index (χ4v) is 4.41. The van der Waals surface area contributed by atoms with E-state index in [-0.39, 0.29) is 11.7 Å². The Morgan fingerprint density at radius 1 is 1.15 bits per heavy atom. The highest BCUT2D eigenvalue weighted by Gasteiger charge is 2.23. The highest BCUT2D eigenvalue weighted by Crippen LogP contribution is 2.24. The summed E-state index contributed by atoms with van der Waals surface area (Å²) in [5, 5.41) is 1.06. The van der Waals surface area contributed by atoms with Crippen LogP contribution in [0.2, 0.25) is 0 Å². The first-order chi connectivity index (χ1) is 13.2. The third kappa shape index (κ3) is 4.45. The number of morpholine rings is 1. The van der Waals surface area contributed by atoms with Crippen molar-refractivity contribution >= 4 is 22.4 Å². The second kappa shape index (κ2) is 8.33. The molecule has 8 heteroatoms. The molecule has 2 aliphatic rings. The molecule has 1 aromatic carbocycles. The van der Waals surface area contributed by atoms with E-state index < -0.39 is 0 Å². The molecular formula is C19H23FN4O2S. The van der Waals surface area contributed by atoms with E-state index in [1.165, 1.54) is 17.0 Å². The van der Waals surface area contributed by atoms with E-state index in [0.29, 0.717) is 18.7 Å². The average molecular weight is 390 g/mol. The van der Waals surface area contributed by atoms with Crippen molar-refractivity contribution in [3.05, 3.63) is 46.7 Å². The Bertz CT molecular complexity index is 786. The van der Waals surface area contributed by atoms with Crippen LogP contribution >= 0.6 is 11.3 Å². The first-order valence-corrected chi connectivity index (χ1v) is 10.1. The lowest BCUT2D eigenvalue weighted by Gasteiger charge is -2.34. The van der Waals surface area contributed by atoms with Crippen LogP contribution in [0.3, 0.4) is 0 Å². The van der Waals surface area contributed by atoms with Gasteiger partial charge < -0.3 is 14.5 Å². The lowest BCUT2D eigenvalue weighted by Crippen LogP contribution is -2.48. The number of anilines is 1. The number of thiazole rings is 1. The molecule has 1 amide bonds. The number of benzene rings is 1. The molecule has 2 aromatic rings. The second-order valence-corrected chi connectivity index (χ2v) is 7.88. The van der Waals surface area contributed by atoms with Gasteiger partial charge in [-0.3, -0.25) is 9.69 Å². The first kappa shape index (κ1) is 18.3. The van der Waals surface area contributed by atoms with Gasteiger partial charge in [-0.25, -0.2) is 9.37 Å². The van der Waals surface area contributed by atoms with Crippen LogP contribution in [0.25, 0.3) is 0 Å². The third-order valence-electron chi connectivity index (χ3n) is 4.93. The van der Waals surface area contributed by atoms with Gasteiger partial charge in [-0.15, -0.1) is 11.3 Å². The zero-order valence-electron chi connectivity index (χ0n) is 15.1. The van der Waals surface area contributed by atoms with Crippen molar-refractivity contribution in [3.8, 4) is 0 Å². The van der Waals surface area contributed by atoms with Gasteiger partial charge in [0.05, 0.1) is 13.2 Å². The Kier molecular flexibility index (Phi) is 5.66. The fourth-order valence-electron chi connectivity index (χ4n) is 3.40.